The third-order valence-electron chi connectivity index (χ3n) is 5.53. The van der Waals surface area contributed by atoms with E-state index in [4.69, 9.17) is 0 Å². The average Bonchev–Trinajstić information content (AvgIpc) is 3.03. The molecule has 3 atom stereocenters. The van der Waals surface area contributed by atoms with Crippen LogP contribution in [0.15, 0.2) is 0 Å². The quantitative estimate of drug-likeness (QED) is 0.675. The van der Waals surface area contributed by atoms with Gasteiger partial charge in [0.05, 0.1) is 11.8 Å². The fourth-order valence-corrected chi connectivity index (χ4v) is 4.10. The summed E-state index contributed by atoms with van der Waals surface area (Å²) in [5.41, 5.74) is -0.467. The maximum absolute atomic E-state index is 13.2. The molecule has 0 aromatic rings. The van der Waals surface area contributed by atoms with Crippen molar-refractivity contribution in [1.82, 2.24) is 10.2 Å². The number of aliphatic carboxylic acids is 1. The summed E-state index contributed by atoms with van der Waals surface area (Å²) in [6, 6.07) is -0.687. The topological polar surface area (TPSA) is 86.7 Å². The summed E-state index contributed by atoms with van der Waals surface area (Å²) in [6.45, 7) is 9.72. The van der Waals surface area contributed by atoms with Crippen LogP contribution in [0.2, 0.25) is 0 Å². The molecule has 3 unspecified atom stereocenters. The lowest BCUT2D eigenvalue weighted by Gasteiger charge is -2.35. The molecular weight excluding hydrogens is 344 g/mol. The zero-order valence-corrected chi connectivity index (χ0v) is 18.0. The van der Waals surface area contributed by atoms with Gasteiger partial charge in [-0.2, -0.15) is 0 Å². The van der Waals surface area contributed by atoms with Gasteiger partial charge in [-0.05, 0) is 36.5 Å². The third-order valence-corrected chi connectivity index (χ3v) is 5.53. The Bertz CT molecular complexity index is 531. The number of nitrogens with zero attached hydrogens (tertiary/aromatic N) is 1. The number of carbonyl (C=O) groups is 3. The lowest BCUT2D eigenvalue weighted by atomic mass is 9.75. The lowest BCUT2D eigenvalue weighted by Crippen LogP contribution is -2.55. The molecule has 0 spiro atoms. The van der Waals surface area contributed by atoms with Gasteiger partial charge in [-0.3, -0.25) is 14.4 Å². The lowest BCUT2D eigenvalue weighted by molar-refractivity contribution is -0.151. The van der Waals surface area contributed by atoms with E-state index in [9.17, 15) is 19.5 Å². The number of likely N-dealkylation sites (N-methyl/N-ethyl adjacent to an activating group) is 1. The van der Waals surface area contributed by atoms with Crippen LogP contribution in [-0.4, -0.2) is 47.9 Å². The van der Waals surface area contributed by atoms with Crippen molar-refractivity contribution in [3.05, 3.63) is 0 Å². The highest BCUT2D eigenvalue weighted by molar-refractivity contribution is 5.90. The number of amides is 2. The fourth-order valence-electron chi connectivity index (χ4n) is 4.10. The van der Waals surface area contributed by atoms with Gasteiger partial charge in [0, 0.05) is 14.1 Å². The van der Waals surface area contributed by atoms with Crippen molar-refractivity contribution < 1.29 is 19.5 Å². The summed E-state index contributed by atoms with van der Waals surface area (Å²) in [6.07, 6.45) is 4.27. The summed E-state index contributed by atoms with van der Waals surface area (Å²) in [5.74, 6) is -2.45. The molecule has 1 rings (SSSR count). The molecule has 2 amide bonds. The molecule has 0 radical (unpaired) electrons. The van der Waals surface area contributed by atoms with Crippen LogP contribution in [0.1, 0.15) is 66.7 Å². The second-order valence-corrected chi connectivity index (χ2v) is 9.68. The number of carbonyl (C=O) groups excluding carboxylic acids is 2. The predicted octanol–water partition coefficient (Wildman–Crippen LogP) is 3.16. The van der Waals surface area contributed by atoms with Crippen LogP contribution in [0.5, 0.6) is 0 Å². The van der Waals surface area contributed by atoms with Crippen molar-refractivity contribution >= 4 is 17.8 Å². The van der Waals surface area contributed by atoms with Crippen molar-refractivity contribution in [1.29, 1.82) is 0 Å². The Balaban J connectivity index is 3.14. The Labute approximate surface area is 164 Å². The standard InChI is InChI=1S/C21H38N2O4/c1-13(2)12-15(16(20(26)27)14-10-8-9-11-14)18(24)22-17(21(3,4)5)19(25)23(6)7/h13-17H,8-12H2,1-7H3,(H,22,24)(H,26,27). The molecular formula is C21H38N2O4. The molecule has 2 N–H and O–H groups in total. The first-order chi connectivity index (χ1) is 12.4. The third kappa shape index (κ3) is 6.51. The molecule has 6 nitrogen and oxygen atoms in total. The summed E-state index contributed by atoms with van der Waals surface area (Å²) >= 11 is 0. The zero-order chi connectivity index (χ0) is 20.9. The Morgan fingerprint density at radius 1 is 1.11 bits per heavy atom. The second-order valence-electron chi connectivity index (χ2n) is 9.68. The molecule has 0 aromatic carbocycles. The van der Waals surface area contributed by atoms with Gasteiger partial charge < -0.3 is 15.3 Å². The van der Waals surface area contributed by atoms with E-state index in [0.29, 0.717) is 6.42 Å². The first-order valence-electron chi connectivity index (χ1n) is 10.1. The number of hydrogen-bond acceptors (Lipinski definition) is 3. The van der Waals surface area contributed by atoms with Crippen molar-refractivity contribution in [3.63, 3.8) is 0 Å². The number of rotatable bonds is 8. The van der Waals surface area contributed by atoms with Gasteiger partial charge in [0.2, 0.25) is 11.8 Å². The maximum Gasteiger partial charge on any atom is 0.307 e. The Hall–Kier alpha value is -1.59. The molecule has 1 aliphatic rings. The van der Waals surface area contributed by atoms with E-state index in [1.54, 1.807) is 14.1 Å². The molecule has 0 aliphatic heterocycles. The van der Waals surface area contributed by atoms with Crippen LogP contribution in [0, 0.1) is 29.1 Å². The Morgan fingerprint density at radius 3 is 2.00 bits per heavy atom. The summed E-state index contributed by atoms with van der Waals surface area (Å²) in [5, 5.41) is 12.8. The van der Waals surface area contributed by atoms with Crippen LogP contribution in [0.3, 0.4) is 0 Å². The van der Waals surface area contributed by atoms with Crippen molar-refractivity contribution in [3.8, 4) is 0 Å². The molecule has 1 saturated carbocycles. The molecule has 156 valence electrons. The van der Waals surface area contributed by atoms with Gasteiger partial charge in [0.1, 0.15) is 6.04 Å². The average molecular weight is 383 g/mol. The van der Waals surface area contributed by atoms with Crippen LogP contribution in [-0.2, 0) is 14.4 Å². The van der Waals surface area contributed by atoms with E-state index in [2.05, 4.69) is 5.32 Å². The first-order valence-corrected chi connectivity index (χ1v) is 10.1. The minimum atomic E-state index is -0.894. The van der Waals surface area contributed by atoms with Gasteiger partial charge >= 0.3 is 5.97 Å². The van der Waals surface area contributed by atoms with Gasteiger partial charge in [-0.15, -0.1) is 0 Å². The minimum absolute atomic E-state index is 0.0367. The summed E-state index contributed by atoms with van der Waals surface area (Å²) in [7, 11) is 3.33. The smallest absolute Gasteiger partial charge is 0.307 e. The highest BCUT2D eigenvalue weighted by Crippen LogP contribution is 2.38. The molecule has 0 aromatic heterocycles. The molecule has 27 heavy (non-hydrogen) atoms. The van der Waals surface area contributed by atoms with Crippen molar-refractivity contribution in [2.24, 2.45) is 29.1 Å². The summed E-state index contributed by atoms with van der Waals surface area (Å²) < 4.78 is 0. The van der Waals surface area contributed by atoms with Crippen LogP contribution in [0.25, 0.3) is 0 Å². The molecule has 1 fully saturated rings. The highest BCUT2D eigenvalue weighted by atomic mass is 16.4. The highest BCUT2D eigenvalue weighted by Gasteiger charge is 2.43. The largest absolute Gasteiger partial charge is 0.481 e. The van der Waals surface area contributed by atoms with Crippen molar-refractivity contribution in [2.75, 3.05) is 14.1 Å². The first kappa shape index (κ1) is 23.4. The number of carboxylic acids is 1. The maximum atomic E-state index is 13.2. The number of carboxylic acid groups (broad SMARTS) is 1. The van der Waals surface area contributed by atoms with E-state index in [1.807, 2.05) is 34.6 Å². The number of nitrogens with one attached hydrogen (secondary N) is 1. The molecule has 1 aliphatic carbocycles. The SMILES string of the molecule is CC(C)CC(C(=O)NC(C(=O)N(C)C)C(C)(C)C)C(C(=O)O)C1CCCC1. The fraction of sp³-hybridized carbons (Fsp3) is 0.857. The molecule has 0 bridgehead atoms. The van der Waals surface area contributed by atoms with Gasteiger partial charge in [0.15, 0.2) is 0 Å². The van der Waals surface area contributed by atoms with Crippen LogP contribution >= 0.6 is 0 Å². The molecule has 0 saturated heterocycles. The van der Waals surface area contributed by atoms with E-state index >= 15 is 0 Å². The van der Waals surface area contributed by atoms with Gasteiger partial charge in [-0.1, -0.05) is 47.5 Å². The Kier molecular flexibility index (Phi) is 8.30. The Morgan fingerprint density at radius 2 is 1.63 bits per heavy atom. The summed E-state index contributed by atoms with van der Waals surface area (Å²) in [4.78, 5) is 39.4. The van der Waals surface area contributed by atoms with E-state index < -0.39 is 29.3 Å². The van der Waals surface area contributed by atoms with E-state index in [1.165, 1.54) is 4.90 Å². The monoisotopic (exact) mass is 382 g/mol. The van der Waals surface area contributed by atoms with Crippen LogP contribution in [0.4, 0.5) is 0 Å². The van der Waals surface area contributed by atoms with Crippen molar-refractivity contribution in [2.45, 2.75) is 72.8 Å². The zero-order valence-electron chi connectivity index (χ0n) is 18.0. The molecule has 6 heteroatoms. The number of hydrogen-bond donors (Lipinski definition) is 2. The van der Waals surface area contributed by atoms with Gasteiger partial charge in [-0.25, -0.2) is 0 Å². The molecule has 0 heterocycles. The predicted molar refractivity (Wildman–Crippen MR) is 106 cm³/mol. The minimum Gasteiger partial charge on any atom is -0.481 e. The van der Waals surface area contributed by atoms with Gasteiger partial charge in [0.25, 0.3) is 0 Å². The second kappa shape index (κ2) is 9.56. The van der Waals surface area contributed by atoms with Crippen LogP contribution < -0.4 is 5.32 Å². The normalized spacial score (nSPS) is 18.8. The van der Waals surface area contributed by atoms with E-state index in [-0.39, 0.29) is 23.7 Å². The van der Waals surface area contributed by atoms with E-state index in [0.717, 1.165) is 25.7 Å².